The van der Waals surface area contributed by atoms with E-state index in [1.807, 2.05) is 0 Å². The zero-order valence-electron chi connectivity index (χ0n) is 11.0. The highest BCUT2D eigenvalue weighted by atomic mass is 32.1. The number of nitrogens with one attached hydrogen (secondary N) is 3. The maximum absolute atomic E-state index is 12.0. The molecule has 0 bridgehead atoms. The summed E-state index contributed by atoms with van der Waals surface area (Å²) in [7, 11) is 1.45. The SMILES string of the molecule is CNC(=O)[C@H](CS)NC(=O)[C@H](CS)NC(=O)[C@@H](N)CS. The van der Waals surface area contributed by atoms with Crippen LogP contribution in [0.2, 0.25) is 0 Å². The Labute approximate surface area is 134 Å². The topological polar surface area (TPSA) is 113 Å². The minimum atomic E-state index is -0.885. The number of carbonyl (C=O) groups is 3. The number of amides is 3. The van der Waals surface area contributed by atoms with E-state index in [1.165, 1.54) is 7.05 Å². The molecule has 0 aromatic rings. The summed E-state index contributed by atoms with van der Waals surface area (Å²) < 4.78 is 0. The van der Waals surface area contributed by atoms with Crippen molar-refractivity contribution in [1.82, 2.24) is 16.0 Å². The highest BCUT2D eigenvalue weighted by molar-refractivity contribution is 7.80. The van der Waals surface area contributed by atoms with Crippen molar-refractivity contribution >= 4 is 55.6 Å². The van der Waals surface area contributed by atoms with Crippen LogP contribution in [0.1, 0.15) is 0 Å². The molecule has 3 atom stereocenters. The van der Waals surface area contributed by atoms with Gasteiger partial charge in [0.25, 0.3) is 0 Å². The monoisotopic (exact) mass is 340 g/mol. The molecule has 7 nitrogen and oxygen atoms in total. The van der Waals surface area contributed by atoms with Crippen LogP contribution in [-0.4, -0.2) is 60.2 Å². The minimum absolute atomic E-state index is 0.0733. The van der Waals surface area contributed by atoms with Crippen molar-refractivity contribution in [3.8, 4) is 0 Å². The van der Waals surface area contributed by atoms with Gasteiger partial charge in [0.15, 0.2) is 0 Å². The van der Waals surface area contributed by atoms with Gasteiger partial charge in [-0.05, 0) is 0 Å². The van der Waals surface area contributed by atoms with Crippen molar-refractivity contribution in [1.29, 1.82) is 0 Å². The zero-order valence-corrected chi connectivity index (χ0v) is 13.7. The fraction of sp³-hybridized carbons (Fsp3) is 0.700. The fourth-order valence-electron chi connectivity index (χ4n) is 1.20. The predicted octanol–water partition coefficient (Wildman–Crippen LogP) is -2.18. The van der Waals surface area contributed by atoms with Crippen LogP contribution in [0.25, 0.3) is 0 Å². The first-order valence-electron chi connectivity index (χ1n) is 5.81. The van der Waals surface area contributed by atoms with Gasteiger partial charge in [0, 0.05) is 24.3 Å². The van der Waals surface area contributed by atoms with Crippen molar-refractivity contribution in [2.75, 3.05) is 24.3 Å². The summed E-state index contributed by atoms with van der Waals surface area (Å²) >= 11 is 11.9. The molecular formula is C10H20N4O3S3. The van der Waals surface area contributed by atoms with Gasteiger partial charge in [-0.1, -0.05) is 0 Å². The van der Waals surface area contributed by atoms with E-state index in [-0.39, 0.29) is 23.2 Å². The van der Waals surface area contributed by atoms with E-state index in [9.17, 15) is 14.4 Å². The second kappa shape index (κ2) is 10.2. The van der Waals surface area contributed by atoms with Crippen molar-refractivity contribution in [3.63, 3.8) is 0 Å². The number of hydrogen-bond acceptors (Lipinski definition) is 7. The van der Waals surface area contributed by atoms with Crippen LogP contribution in [0.15, 0.2) is 0 Å². The Bertz CT molecular complexity index is 357. The van der Waals surface area contributed by atoms with Gasteiger partial charge < -0.3 is 21.7 Å². The molecular weight excluding hydrogens is 320 g/mol. The number of hydrogen-bond donors (Lipinski definition) is 7. The van der Waals surface area contributed by atoms with Crippen LogP contribution in [0.5, 0.6) is 0 Å². The second-order valence-electron chi connectivity index (χ2n) is 3.89. The summed E-state index contributed by atoms with van der Waals surface area (Å²) in [5.74, 6) is -1.04. The van der Waals surface area contributed by atoms with Crippen LogP contribution in [0.3, 0.4) is 0 Å². The first kappa shape index (κ1) is 19.4. The average molecular weight is 340 g/mol. The minimum Gasteiger partial charge on any atom is -0.357 e. The van der Waals surface area contributed by atoms with E-state index in [1.54, 1.807) is 0 Å². The summed E-state index contributed by atoms with van der Waals surface area (Å²) in [6.45, 7) is 0. The number of carbonyl (C=O) groups excluding carboxylic acids is 3. The quantitative estimate of drug-likeness (QED) is 0.255. The highest BCUT2D eigenvalue weighted by Gasteiger charge is 2.25. The number of thiol groups is 3. The van der Waals surface area contributed by atoms with E-state index in [4.69, 9.17) is 5.73 Å². The molecule has 0 spiro atoms. The Morgan fingerprint density at radius 2 is 1.35 bits per heavy atom. The van der Waals surface area contributed by atoms with Crippen molar-refractivity contribution < 1.29 is 14.4 Å². The Hall–Kier alpha value is -0.580. The Morgan fingerprint density at radius 3 is 1.75 bits per heavy atom. The van der Waals surface area contributed by atoms with E-state index < -0.39 is 29.9 Å². The lowest BCUT2D eigenvalue weighted by molar-refractivity contribution is -0.131. The van der Waals surface area contributed by atoms with E-state index in [0.717, 1.165) is 0 Å². The molecule has 20 heavy (non-hydrogen) atoms. The molecule has 0 saturated heterocycles. The van der Waals surface area contributed by atoms with Gasteiger partial charge in [-0.2, -0.15) is 37.9 Å². The smallest absolute Gasteiger partial charge is 0.244 e. The van der Waals surface area contributed by atoms with Crippen molar-refractivity contribution in [3.05, 3.63) is 0 Å². The van der Waals surface area contributed by atoms with Crippen LogP contribution in [0, 0.1) is 0 Å². The third-order valence-electron chi connectivity index (χ3n) is 2.41. The molecule has 0 aliphatic rings. The summed E-state index contributed by atoms with van der Waals surface area (Å²) in [5.41, 5.74) is 5.50. The molecule has 5 N–H and O–H groups in total. The third kappa shape index (κ3) is 6.25. The Kier molecular flexibility index (Phi) is 9.90. The first-order chi connectivity index (χ1) is 9.40. The van der Waals surface area contributed by atoms with Crippen molar-refractivity contribution in [2.24, 2.45) is 5.73 Å². The first-order valence-corrected chi connectivity index (χ1v) is 7.71. The fourth-order valence-corrected chi connectivity index (χ4v) is 1.88. The Morgan fingerprint density at radius 1 is 0.900 bits per heavy atom. The molecule has 0 aromatic heterocycles. The summed E-state index contributed by atoms with van der Waals surface area (Å²) in [6.07, 6.45) is 0. The molecule has 0 rings (SSSR count). The van der Waals surface area contributed by atoms with Gasteiger partial charge in [0.1, 0.15) is 12.1 Å². The van der Waals surface area contributed by atoms with E-state index >= 15 is 0 Å². The normalized spacial score (nSPS) is 14.8. The molecule has 0 unspecified atom stereocenters. The summed E-state index contributed by atoms with van der Waals surface area (Å²) in [6, 6.07) is -2.48. The molecule has 116 valence electrons. The molecule has 0 radical (unpaired) electrons. The van der Waals surface area contributed by atoms with Gasteiger partial charge in [-0.15, -0.1) is 0 Å². The van der Waals surface area contributed by atoms with Crippen LogP contribution >= 0.6 is 37.9 Å². The van der Waals surface area contributed by atoms with Crippen LogP contribution in [-0.2, 0) is 14.4 Å². The standard InChI is InChI=1S/C10H20N4O3S3/c1-12-9(16)6(3-19)14-10(17)7(4-20)13-8(15)5(11)2-18/h5-7,18-20H,2-4,11H2,1H3,(H,12,16)(H,13,15)(H,14,17)/t5-,6-,7-/m0/s1. The lowest BCUT2D eigenvalue weighted by Crippen LogP contribution is -2.56. The lowest BCUT2D eigenvalue weighted by Gasteiger charge is -2.21. The number of nitrogens with two attached hydrogens (primary N) is 1. The maximum Gasteiger partial charge on any atom is 0.244 e. The van der Waals surface area contributed by atoms with E-state index in [0.29, 0.717) is 0 Å². The largest absolute Gasteiger partial charge is 0.357 e. The molecule has 10 heteroatoms. The molecule has 0 aliphatic carbocycles. The predicted molar refractivity (Wildman–Crippen MR) is 87.5 cm³/mol. The zero-order chi connectivity index (χ0) is 15.7. The van der Waals surface area contributed by atoms with Crippen LogP contribution in [0.4, 0.5) is 0 Å². The molecule has 0 fully saturated rings. The van der Waals surface area contributed by atoms with Crippen molar-refractivity contribution in [2.45, 2.75) is 18.1 Å². The number of rotatable bonds is 8. The lowest BCUT2D eigenvalue weighted by atomic mass is 10.2. The van der Waals surface area contributed by atoms with Gasteiger partial charge in [0.05, 0.1) is 6.04 Å². The third-order valence-corrected chi connectivity index (χ3v) is 3.53. The highest BCUT2D eigenvalue weighted by Crippen LogP contribution is 1.95. The summed E-state index contributed by atoms with van der Waals surface area (Å²) in [4.78, 5) is 35.0. The second-order valence-corrected chi connectivity index (χ2v) is 4.99. The van der Waals surface area contributed by atoms with Gasteiger partial charge in [-0.3, -0.25) is 14.4 Å². The molecule has 0 aromatic carbocycles. The Balaban J connectivity index is 4.61. The maximum atomic E-state index is 12.0. The van der Waals surface area contributed by atoms with Gasteiger partial charge in [-0.25, -0.2) is 0 Å². The molecule has 3 amide bonds. The molecule has 0 saturated carbocycles. The van der Waals surface area contributed by atoms with Gasteiger partial charge >= 0.3 is 0 Å². The van der Waals surface area contributed by atoms with Gasteiger partial charge in [0.2, 0.25) is 17.7 Å². The van der Waals surface area contributed by atoms with Crippen LogP contribution < -0.4 is 21.7 Å². The number of likely N-dealkylation sites (N-methyl/N-ethyl adjacent to an activating group) is 1. The molecule has 0 aliphatic heterocycles. The molecule has 0 heterocycles. The average Bonchev–Trinajstić information content (AvgIpc) is 2.47. The summed E-state index contributed by atoms with van der Waals surface area (Å²) in [5, 5.41) is 7.33. The van der Waals surface area contributed by atoms with E-state index in [2.05, 4.69) is 53.8 Å².